The number of hydrogen-bond donors (Lipinski definition) is 2. The minimum absolute atomic E-state index is 0.0960. The van der Waals surface area contributed by atoms with E-state index in [1.807, 2.05) is 51.1 Å². The van der Waals surface area contributed by atoms with Gasteiger partial charge in [0.05, 0.1) is 12.6 Å². The summed E-state index contributed by atoms with van der Waals surface area (Å²) >= 11 is 0. The lowest BCUT2D eigenvalue weighted by molar-refractivity contribution is -0.192. The molecule has 1 aliphatic rings. The number of carboxylic acid groups (broad SMARTS) is 1. The number of rotatable bonds is 7. The summed E-state index contributed by atoms with van der Waals surface area (Å²) in [5, 5.41) is 10.2. The number of aliphatic carboxylic acids is 1. The Morgan fingerprint density at radius 3 is 2.21 bits per heavy atom. The number of ether oxygens (including phenoxy) is 1. The maximum Gasteiger partial charge on any atom is 0.490 e. The molecule has 1 saturated heterocycles. The van der Waals surface area contributed by atoms with Gasteiger partial charge in [0.2, 0.25) is 0 Å². The summed E-state index contributed by atoms with van der Waals surface area (Å²) in [5.74, 6) is -2.20. The number of carbonyl (C=O) groups excluding carboxylic acids is 1. The summed E-state index contributed by atoms with van der Waals surface area (Å²) in [6.45, 7) is 8.40. The number of carbonyl (C=O) groups is 2. The molecule has 0 unspecified atom stereocenters. The molecule has 210 valence electrons. The number of nitrogens with one attached hydrogen (secondary N) is 1. The van der Waals surface area contributed by atoms with Gasteiger partial charge in [-0.15, -0.1) is 0 Å². The molecule has 0 saturated carbocycles. The highest BCUT2D eigenvalue weighted by molar-refractivity contribution is 5.74. The average molecular weight is 542 g/mol. The minimum atomic E-state index is -5.08. The number of nitrogens with zero attached hydrogens (tertiary/aromatic N) is 2. The number of amides is 2. The molecule has 1 aliphatic heterocycles. The number of aryl methyl sites for hydroxylation is 1. The molecule has 3 rings (SSSR count). The van der Waals surface area contributed by atoms with Gasteiger partial charge in [-0.2, -0.15) is 13.2 Å². The summed E-state index contributed by atoms with van der Waals surface area (Å²) < 4.78 is 51.9. The molecule has 7 nitrogen and oxygen atoms in total. The first-order valence-corrected chi connectivity index (χ1v) is 12.3. The Morgan fingerprint density at radius 1 is 1.13 bits per heavy atom. The van der Waals surface area contributed by atoms with E-state index in [4.69, 9.17) is 14.6 Å². The SMILES string of the molecule is Cc1ccc(CN(C(=O)NCc2ccc(OC(C)C)cc2)C2CCN(C)CC2)c(F)c1.O=C(O)C(F)(F)F. The summed E-state index contributed by atoms with van der Waals surface area (Å²) in [6, 6.07) is 12.9. The van der Waals surface area contributed by atoms with Crippen LogP contribution < -0.4 is 10.1 Å². The Morgan fingerprint density at radius 2 is 1.71 bits per heavy atom. The van der Waals surface area contributed by atoms with Crippen molar-refractivity contribution >= 4 is 12.0 Å². The third-order valence-electron chi connectivity index (χ3n) is 5.92. The molecule has 2 N–H and O–H groups in total. The van der Waals surface area contributed by atoms with E-state index in [0.29, 0.717) is 12.1 Å². The molecule has 0 atom stereocenters. The molecule has 11 heteroatoms. The Balaban J connectivity index is 0.000000638. The highest BCUT2D eigenvalue weighted by Gasteiger charge is 2.38. The number of alkyl halides is 3. The highest BCUT2D eigenvalue weighted by atomic mass is 19.4. The molecule has 38 heavy (non-hydrogen) atoms. The van der Waals surface area contributed by atoms with Gasteiger partial charge in [-0.3, -0.25) is 0 Å². The Hall–Kier alpha value is -3.34. The van der Waals surface area contributed by atoms with Gasteiger partial charge < -0.3 is 25.0 Å². The van der Waals surface area contributed by atoms with Gasteiger partial charge >= 0.3 is 18.2 Å². The molecule has 0 aliphatic carbocycles. The van der Waals surface area contributed by atoms with E-state index >= 15 is 0 Å². The van der Waals surface area contributed by atoms with Crippen LogP contribution in [0.25, 0.3) is 0 Å². The molecule has 2 aromatic rings. The Bertz CT molecular complexity index is 1050. The van der Waals surface area contributed by atoms with Crippen LogP contribution in [0.15, 0.2) is 42.5 Å². The highest BCUT2D eigenvalue weighted by Crippen LogP contribution is 2.21. The van der Waals surface area contributed by atoms with E-state index in [-0.39, 0.29) is 30.5 Å². The Kier molecular flexibility index (Phi) is 11.4. The van der Waals surface area contributed by atoms with Crippen molar-refractivity contribution in [1.82, 2.24) is 15.1 Å². The van der Waals surface area contributed by atoms with Crippen molar-refractivity contribution in [1.29, 1.82) is 0 Å². The zero-order chi connectivity index (χ0) is 28.5. The van der Waals surface area contributed by atoms with Crippen molar-refractivity contribution in [3.8, 4) is 5.75 Å². The molecule has 1 fully saturated rings. The van der Waals surface area contributed by atoms with Gasteiger partial charge in [0, 0.05) is 18.2 Å². The summed E-state index contributed by atoms with van der Waals surface area (Å²) in [7, 11) is 2.09. The first-order chi connectivity index (χ1) is 17.8. The zero-order valence-electron chi connectivity index (χ0n) is 22.0. The van der Waals surface area contributed by atoms with Crippen LogP contribution in [0, 0.1) is 12.7 Å². The van der Waals surface area contributed by atoms with Gasteiger partial charge in [-0.25, -0.2) is 14.0 Å². The first kappa shape index (κ1) is 30.9. The van der Waals surface area contributed by atoms with E-state index in [9.17, 15) is 22.4 Å². The number of carboxylic acids is 1. The maximum atomic E-state index is 14.5. The number of halogens is 4. The largest absolute Gasteiger partial charge is 0.491 e. The summed E-state index contributed by atoms with van der Waals surface area (Å²) in [5.41, 5.74) is 2.42. The molecular weight excluding hydrogens is 506 g/mol. The molecule has 1 heterocycles. The smallest absolute Gasteiger partial charge is 0.490 e. The predicted molar refractivity (Wildman–Crippen MR) is 135 cm³/mol. The molecule has 2 amide bonds. The van der Waals surface area contributed by atoms with E-state index in [1.165, 1.54) is 6.07 Å². The second-order valence-corrected chi connectivity index (χ2v) is 9.53. The fraction of sp³-hybridized carbons (Fsp3) is 0.481. The molecular formula is C27H35F4N3O4. The quantitative estimate of drug-likeness (QED) is 0.462. The van der Waals surface area contributed by atoms with Crippen LogP contribution in [-0.4, -0.2) is 65.4 Å². The van der Waals surface area contributed by atoms with Crippen molar-refractivity contribution in [3.05, 3.63) is 65.0 Å². The topological polar surface area (TPSA) is 82.1 Å². The number of piperidine rings is 1. The van der Waals surface area contributed by atoms with Crippen molar-refractivity contribution in [2.24, 2.45) is 0 Å². The second-order valence-electron chi connectivity index (χ2n) is 9.53. The summed E-state index contributed by atoms with van der Waals surface area (Å²) in [4.78, 5) is 26.1. The standard InChI is InChI=1S/C25H34FN3O2.C2HF3O2/c1-18(2)31-23-9-6-20(7-10-23)16-27-25(30)29(22-11-13-28(4)14-12-22)17-21-8-5-19(3)15-24(21)26;3-2(4,5)1(6)7/h5-10,15,18,22H,11-14,16-17H2,1-4H3,(H,27,30);(H,6,7). The lowest BCUT2D eigenvalue weighted by atomic mass is 10.0. The summed E-state index contributed by atoms with van der Waals surface area (Å²) in [6.07, 6.45) is -3.19. The van der Waals surface area contributed by atoms with Gasteiger partial charge in [0.25, 0.3) is 0 Å². The zero-order valence-corrected chi connectivity index (χ0v) is 22.0. The lowest BCUT2D eigenvalue weighted by Gasteiger charge is -2.37. The molecule has 0 bridgehead atoms. The lowest BCUT2D eigenvalue weighted by Crippen LogP contribution is -2.49. The third-order valence-corrected chi connectivity index (χ3v) is 5.92. The van der Waals surface area contributed by atoms with Crippen molar-refractivity contribution in [3.63, 3.8) is 0 Å². The molecule has 2 aromatic carbocycles. The average Bonchev–Trinajstić information content (AvgIpc) is 2.83. The number of benzene rings is 2. The Labute approximate surface area is 220 Å². The predicted octanol–water partition coefficient (Wildman–Crippen LogP) is 5.36. The first-order valence-electron chi connectivity index (χ1n) is 12.3. The fourth-order valence-corrected chi connectivity index (χ4v) is 3.87. The van der Waals surface area contributed by atoms with E-state index in [2.05, 4.69) is 17.3 Å². The van der Waals surface area contributed by atoms with Gasteiger partial charge in [0.15, 0.2) is 0 Å². The van der Waals surface area contributed by atoms with Crippen LogP contribution in [0.3, 0.4) is 0 Å². The number of hydrogen-bond acceptors (Lipinski definition) is 4. The van der Waals surface area contributed by atoms with E-state index < -0.39 is 12.1 Å². The van der Waals surface area contributed by atoms with E-state index in [0.717, 1.165) is 42.8 Å². The van der Waals surface area contributed by atoms with Crippen LogP contribution in [0.4, 0.5) is 22.4 Å². The minimum Gasteiger partial charge on any atom is -0.491 e. The van der Waals surface area contributed by atoms with Crippen LogP contribution in [0.2, 0.25) is 0 Å². The number of urea groups is 1. The van der Waals surface area contributed by atoms with Crippen molar-refractivity contribution in [2.45, 2.75) is 65.0 Å². The maximum absolute atomic E-state index is 14.5. The monoisotopic (exact) mass is 541 g/mol. The van der Waals surface area contributed by atoms with Crippen LogP contribution in [0.1, 0.15) is 43.4 Å². The van der Waals surface area contributed by atoms with E-state index in [1.54, 1.807) is 11.0 Å². The third kappa shape index (κ3) is 10.2. The normalized spacial score (nSPS) is 14.4. The molecule has 0 radical (unpaired) electrons. The van der Waals surface area contributed by atoms with Gasteiger partial charge in [-0.1, -0.05) is 24.3 Å². The van der Waals surface area contributed by atoms with Crippen LogP contribution >= 0.6 is 0 Å². The van der Waals surface area contributed by atoms with Crippen molar-refractivity contribution < 1.29 is 37.0 Å². The van der Waals surface area contributed by atoms with Gasteiger partial charge in [-0.05, 0) is 83.1 Å². The van der Waals surface area contributed by atoms with Gasteiger partial charge in [0.1, 0.15) is 11.6 Å². The number of likely N-dealkylation sites (tertiary alicyclic amines) is 1. The van der Waals surface area contributed by atoms with Crippen LogP contribution in [0.5, 0.6) is 5.75 Å². The molecule has 0 aromatic heterocycles. The second kappa shape index (κ2) is 14.0. The molecule has 0 spiro atoms. The van der Waals surface area contributed by atoms with Crippen molar-refractivity contribution in [2.75, 3.05) is 20.1 Å². The fourth-order valence-electron chi connectivity index (χ4n) is 3.87. The van der Waals surface area contributed by atoms with Crippen LogP contribution in [-0.2, 0) is 17.9 Å².